The number of imidazole rings is 1. The number of aromatic nitrogens is 3. The van der Waals surface area contributed by atoms with Crippen LogP contribution in [0.15, 0.2) is 18.2 Å². The molecule has 0 saturated carbocycles. The number of nitrogens with zero attached hydrogens (tertiary/aromatic N) is 3. The number of hydrogen-bond donors (Lipinski definition) is 1. The number of aryl methyl sites for hydroxylation is 2. The van der Waals surface area contributed by atoms with Crippen molar-refractivity contribution in [1.82, 2.24) is 14.5 Å². The Hall–Kier alpha value is -2.30. The summed E-state index contributed by atoms with van der Waals surface area (Å²) in [5.41, 5.74) is 9.06. The molecule has 0 bridgehead atoms. The molecule has 1 aromatic carbocycles. The highest BCUT2D eigenvalue weighted by Crippen LogP contribution is 2.31. The highest BCUT2D eigenvalue weighted by molar-refractivity contribution is 6.06. The van der Waals surface area contributed by atoms with E-state index in [1.54, 1.807) is 0 Å². The first kappa shape index (κ1) is 17.5. The molecule has 0 atom stereocenters. The van der Waals surface area contributed by atoms with Crippen molar-refractivity contribution in [3.8, 4) is 5.75 Å². The van der Waals surface area contributed by atoms with Crippen LogP contribution in [-0.4, -0.2) is 21.1 Å². The van der Waals surface area contributed by atoms with Gasteiger partial charge < -0.3 is 15.0 Å². The summed E-state index contributed by atoms with van der Waals surface area (Å²) in [5.74, 6) is 2.46. The van der Waals surface area contributed by atoms with Crippen LogP contribution in [0.2, 0.25) is 0 Å². The molecule has 0 fully saturated rings. The second kappa shape index (κ2) is 7.72. The van der Waals surface area contributed by atoms with E-state index in [1.165, 1.54) is 0 Å². The third kappa shape index (κ3) is 3.41. The van der Waals surface area contributed by atoms with Gasteiger partial charge in [0.1, 0.15) is 17.1 Å². The second-order valence-electron chi connectivity index (χ2n) is 6.50. The zero-order valence-corrected chi connectivity index (χ0v) is 15.5. The standard InChI is InChI=1S/C20H28N4O/c1-4-7-8-17-23-18-19(24(17)11-5-2)15-10-9-14(25-12-6-3)13-16(15)22-20(18)21/h9-10,13H,4-8,11-12H2,1-3H3,(H2,21,22). The van der Waals surface area contributed by atoms with Crippen molar-refractivity contribution in [3.63, 3.8) is 0 Å². The highest BCUT2D eigenvalue weighted by Gasteiger charge is 2.17. The van der Waals surface area contributed by atoms with Crippen LogP contribution in [0.3, 0.4) is 0 Å². The minimum absolute atomic E-state index is 0.503. The zero-order chi connectivity index (χ0) is 17.8. The van der Waals surface area contributed by atoms with E-state index < -0.39 is 0 Å². The van der Waals surface area contributed by atoms with E-state index >= 15 is 0 Å². The lowest BCUT2D eigenvalue weighted by molar-refractivity contribution is 0.318. The van der Waals surface area contributed by atoms with Gasteiger partial charge in [0.2, 0.25) is 0 Å². The Kier molecular flexibility index (Phi) is 5.41. The van der Waals surface area contributed by atoms with Crippen LogP contribution in [0.1, 0.15) is 52.3 Å². The van der Waals surface area contributed by atoms with Crippen LogP contribution < -0.4 is 10.5 Å². The summed E-state index contributed by atoms with van der Waals surface area (Å²) in [4.78, 5) is 9.42. The maximum absolute atomic E-state index is 6.25. The maximum atomic E-state index is 6.25. The van der Waals surface area contributed by atoms with E-state index in [4.69, 9.17) is 15.5 Å². The summed E-state index contributed by atoms with van der Waals surface area (Å²) < 4.78 is 8.08. The van der Waals surface area contributed by atoms with Crippen molar-refractivity contribution in [1.29, 1.82) is 0 Å². The fourth-order valence-electron chi connectivity index (χ4n) is 3.24. The number of nitrogens with two attached hydrogens (primary N) is 1. The summed E-state index contributed by atoms with van der Waals surface area (Å²) in [7, 11) is 0. The van der Waals surface area contributed by atoms with Gasteiger partial charge in [-0.2, -0.15) is 0 Å². The van der Waals surface area contributed by atoms with Gasteiger partial charge in [-0.3, -0.25) is 0 Å². The van der Waals surface area contributed by atoms with Gasteiger partial charge in [0.25, 0.3) is 0 Å². The van der Waals surface area contributed by atoms with Crippen molar-refractivity contribution in [2.75, 3.05) is 12.3 Å². The van der Waals surface area contributed by atoms with Crippen LogP contribution in [0.25, 0.3) is 21.9 Å². The fourth-order valence-corrected chi connectivity index (χ4v) is 3.24. The molecular formula is C20H28N4O. The summed E-state index contributed by atoms with van der Waals surface area (Å²) >= 11 is 0. The molecule has 5 nitrogen and oxygen atoms in total. The molecular weight excluding hydrogens is 312 g/mol. The molecule has 3 aromatic rings. The molecule has 2 N–H and O–H groups in total. The van der Waals surface area contributed by atoms with Crippen LogP contribution in [0.5, 0.6) is 5.75 Å². The first-order valence-corrected chi connectivity index (χ1v) is 9.40. The van der Waals surface area contributed by atoms with Crippen molar-refractivity contribution >= 4 is 27.8 Å². The molecule has 0 aliphatic rings. The van der Waals surface area contributed by atoms with Crippen molar-refractivity contribution in [2.45, 2.75) is 59.4 Å². The highest BCUT2D eigenvalue weighted by atomic mass is 16.5. The topological polar surface area (TPSA) is 66.0 Å². The molecule has 5 heteroatoms. The number of ether oxygens (including phenoxy) is 1. The van der Waals surface area contributed by atoms with Crippen molar-refractivity contribution < 1.29 is 4.74 Å². The van der Waals surface area contributed by atoms with Crippen LogP contribution in [-0.2, 0) is 13.0 Å². The molecule has 0 amide bonds. The number of benzene rings is 1. The third-order valence-corrected chi connectivity index (χ3v) is 4.43. The molecule has 0 radical (unpaired) electrons. The van der Waals surface area contributed by atoms with E-state index in [-0.39, 0.29) is 0 Å². The predicted molar refractivity (Wildman–Crippen MR) is 104 cm³/mol. The van der Waals surface area contributed by atoms with Gasteiger partial charge in [0, 0.05) is 24.4 Å². The van der Waals surface area contributed by atoms with Gasteiger partial charge in [-0.05, 0) is 31.4 Å². The summed E-state index contributed by atoms with van der Waals surface area (Å²) in [5, 5.41) is 1.09. The number of rotatable bonds is 8. The average Bonchev–Trinajstić information content (AvgIpc) is 2.98. The maximum Gasteiger partial charge on any atom is 0.152 e. The fraction of sp³-hybridized carbons (Fsp3) is 0.500. The quantitative estimate of drug-likeness (QED) is 0.645. The molecule has 0 spiro atoms. The number of pyridine rings is 1. The Bertz CT molecular complexity index is 869. The molecule has 25 heavy (non-hydrogen) atoms. The number of fused-ring (bicyclic) bond motifs is 3. The van der Waals surface area contributed by atoms with Gasteiger partial charge in [-0.1, -0.05) is 27.2 Å². The first-order valence-electron chi connectivity index (χ1n) is 9.40. The normalized spacial score (nSPS) is 11.5. The Morgan fingerprint density at radius 2 is 1.92 bits per heavy atom. The molecule has 2 heterocycles. The summed E-state index contributed by atoms with van der Waals surface area (Å²) in [6.07, 6.45) is 5.31. The molecule has 134 valence electrons. The van der Waals surface area contributed by atoms with Crippen molar-refractivity contribution in [3.05, 3.63) is 24.0 Å². The first-order chi connectivity index (χ1) is 12.2. The Morgan fingerprint density at radius 1 is 1.08 bits per heavy atom. The van der Waals surface area contributed by atoms with Crippen molar-refractivity contribution in [2.24, 2.45) is 0 Å². The Morgan fingerprint density at radius 3 is 2.64 bits per heavy atom. The van der Waals surface area contributed by atoms with Crippen LogP contribution in [0.4, 0.5) is 5.82 Å². The average molecular weight is 340 g/mol. The summed E-state index contributed by atoms with van der Waals surface area (Å²) in [6.45, 7) is 8.15. The molecule has 0 aliphatic carbocycles. The SMILES string of the molecule is CCCCc1nc2c(N)nc3cc(OCCC)ccc3c2n1CCC. The lowest BCUT2D eigenvalue weighted by Gasteiger charge is -2.11. The zero-order valence-electron chi connectivity index (χ0n) is 15.5. The number of hydrogen-bond acceptors (Lipinski definition) is 4. The summed E-state index contributed by atoms with van der Waals surface area (Å²) in [6, 6.07) is 6.09. The lowest BCUT2D eigenvalue weighted by atomic mass is 10.1. The van der Waals surface area contributed by atoms with E-state index in [2.05, 4.69) is 36.4 Å². The van der Waals surface area contributed by atoms with Gasteiger partial charge in [0.15, 0.2) is 5.82 Å². The molecule has 0 saturated heterocycles. The molecule has 0 aliphatic heterocycles. The Balaban J connectivity index is 2.19. The van der Waals surface area contributed by atoms with Gasteiger partial charge in [-0.25, -0.2) is 9.97 Å². The Labute approximate surface area is 149 Å². The van der Waals surface area contributed by atoms with Gasteiger partial charge in [-0.15, -0.1) is 0 Å². The predicted octanol–water partition coefficient (Wildman–Crippen LogP) is 4.71. The van der Waals surface area contributed by atoms with E-state index in [9.17, 15) is 0 Å². The molecule has 3 rings (SSSR count). The van der Waals surface area contributed by atoms with E-state index in [1.807, 2.05) is 12.1 Å². The van der Waals surface area contributed by atoms with Crippen LogP contribution in [0, 0.1) is 0 Å². The molecule has 0 unspecified atom stereocenters. The molecule has 2 aromatic heterocycles. The minimum atomic E-state index is 0.503. The minimum Gasteiger partial charge on any atom is -0.494 e. The van der Waals surface area contributed by atoms with Gasteiger partial charge >= 0.3 is 0 Å². The van der Waals surface area contributed by atoms with Gasteiger partial charge in [0.05, 0.1) is 17.6 Å². The number of unbranched alkanes of at least 4 members (excludes halogenated alkanes) is 1. The van der Waals surface area contributed by atoms with E-state index in [0.717, 1.165) is 72.2 Å². The number of nitrogen functional groups attached to an aromatic ring is 1. The largest absolute Gasteiger partial charge is 0.494 e. The van der Waals surface area contributed by atoms with Crippen LogP contribution >= 0.6 is 0 Å². The van der Waals surface area contributed by atoms with E-state index in [0.29, 0.717) is 12.4 Å². The smallest absolute Gasteiger partial charge is 0.152 e. The second-order valence-corrected chi connectivity index (χ2v) is 6.50. The lowest BCUT2D eigenvalue weighted by Crippen LogP contribution is -2.04. The monoisotopic (exact) mass is 340 g/mol. The number of anilines is 1. The third-order valence-electron chi connectivity index (χ3n) is 4.43.